The maximum absolute atomic E-state index is 12.4. The van der Waals surface area contributed by atoms with Gasteiger partial charge < -0.3 is 10.1 Å². The third-order valence-electron chi connectivity index (χ3n) is 4.17. The lowest BCUT2D eigenvalue weighted by Crippen LogP contribution is -2.28. The van der Waals surface area contributed by atoms with Gasteiger partial charge in [0, 0.05) is 19.2 Å². The highest BCUT2D eigenvalue weighted by atomic mass is 16.5. The molecule has 0 atom stereocenters. The van der Waals surface area contributed by atoms with Crippen LogP contribution in [0.4, 0.5) is 0 Å². The van der Waals surface area contributed by atoms with E-state index in [1.54, 1.807) is 11.8 Å². The lowest BCUT2D eigenvalue weighted by Gasteiger charge is -2.08. The number of methoxy groups -OCH3 is 1. The summed E-state index contributed by atoms with van der Waals surface area (Å²) in [5.74, 6) is 0.450. The van der Waals surface area contributed by atoms with Gasteiger partial charge in [0.2, 0.25) is 5.82 Å². The third kappa shape index (κ3) is 3.81. The molecule has 134 valence electrons. The Labute approximate surface area is 152 Å². The van der Waals surface area contributed by atoms with Gasteiger partial charge in [-0.25, -0.2) is 9.67 Å². The lowest BCUT2D eigenvalue weighted by molar-refractivity contribution is 0.0927. The first-order valence-electron chi connectivity index (χ1n) is 8.47. The molecule has 1 aromatic heterocycles. The monoisotopic (exact) mass is 350 g/mol. The van der Waals surface area contributed by atoms with E-state index < -0.39 is 0 Å². The number of carbonyl (C=O) groups is 1. The number of nitrogens with zero attached hydrogens (tertiary/aromatic N) is 3. The second-order valence-electron chi connectivity index (χ2n) is 6.05. The van der Waals surface area contributed by atoms with Crippen LogP contribution in [0.25, 0.3) is 17.1 Å². The van der Waals surface area contributed by atoms with E-state index in [1.165, 1.54) is 5.56 Å². The third-order valence-corrected chi connectivity index (χ3v) is 4.17. The predicted molar refractivity (Wildman–Crippen MR) is 100 cm³/mol. The second kappa shape index (κ2) is 7.93. The van der Waals surface area contributed by atoms with Gasteiger partial charge in [-0.2, -0.15) is 0 Å². The molecule has 6 nitrogen and oxygen atoms in total. The van der Waals surface area contributed by atoms with E-state index in [1.807, 2.05) is 48.5 Å². The molecule has 0 spiro atoms. The summed E-state index contributed by atoms with van der Waals surface area (Å²) in [6, 6.07) is 15.8. The van der Waals surface area contributed by atoms with Crippen molar-refractivity contribution < 1.29 is 9.53 Å². The van der Waals surface area contributed by atoms with Gasteiger partial charge >= 0.3 is 0 Å². The minimum atomic E-state index is -0.318. The number of hydrogen-bond acceptors (Lipinski definition) is 4. The first kappa shape index (κ1) is 17.8. The minimum Gasteiger partial charge on any atom is -0.383 e. The molecule has 0 saturated carbocycles. The molecule has 3 rings (SSSR count). The van der Waals surface area contributed by atoms with Gasteiger partial charge in [0.05, 0.1) is 12.3 Å². The van der Waals surface area contributed by atoms with Crippen LogP contribution in [0.1, 0.15) is 21.7 Å². The number of rotatable bonds is 6. The first-order chi connectivity index (χ1) is 12.6. The smallest absolute Gasteiger partial charge is 0.291 e. The molecule has 0 radical (unpaired) electrons. The van der Waals surface area contributed by atoms with E-state index in [2.05, 4.69) is 29.2 Å². The summed E-state index contributed by atoms with van der Waals surface area (Å²) in [6.07, 6.45) is 0. The summed E-state index contributed by atoms with van der Waals surface area (Å²) < 4.78 is 6.67. The molecule has 0 bridgehead atoms. The van der Waals surface area contributed by atoms with Crippen LogP contribution in [0.3, 0.4) is 0 Å². The van der Waals surface area contributed by atoms with Gasteiger partial charge in [-0.3, -0.25) is 4.79 Å². The van der Waals surface area contributed by atoms with Crippen molar-refractivity contribution in [1.29, 1.82) is 0 Å². The molecule has 0 aliphatic rings. The number of nitrogens with one attached hydrogen (secondary N) is 1. The maximum atomic E-state index is 12.4. The summed E-state index contributed by atoms with van der Waals surface area (Å²) in [5.41, 5.74) is 4.13. The van der Waals surface area contributed by atoms with Gasteiger partial charge in [0.1, 0.15) is 0 Å². The van der Waals surface area contributed by atoms with E-state index in [0.29, 0.717) is 19.0 Å². The lowest BCUT2D eigenvalue weighted by atomic mass is 10.1. The normalized spacial score (nSPS) is 10.7. The van der Waals surface area contributed by atoms with Crippen molar-refractivity contribution in [1.82, 2.24) is 20.1 Å². The fourth-order valence-corrected chi connectivity index (χ4v) is 2.57. The van der Waals surface area contributed by atoms with Gasteiger partial charge in [-0.05, 0) is 37.1 Å². The SMILES string of the molecule is COCCNC(=O)c1nc(-c2ccccc2)n(-c2ccc(C)c(C)c2)n1. The average Bonchev–Trinajstić information content (AvgIpc) is 3.10. The van der Waals surface area contributed by atoms with Gasteiger partial charge in [-0.15, -0.1) is 5.10 Å². The molecule has 2 aromatic carbocycles. The van der Waals surface area contributed by atoms with E-state index in [0.717, 1.165) is 16.8 Å². The Morgan fingerprint density at radius 1 is 1.12 bits per heavy atom. The van der Waals surface area contributed by atoms with Crippen molar-refractivity contribution in [2.45, 2.75) is 13.8 Å². The highest BCUT2D eigenvalue weighted by Gasteiger charge is 2.18. The molecule has 0 fully saturated rings. The fraction of sp³-hybridized carbons (Fsp3) is 0.250. The van der Waals surface area contributed by atoms with Gasteiger partial charge in [0.15, 0.2) is 5.82 Å². The zero-order chi connectivity index (χ0) is 18.5. The van der Waals surface area contributed by atoms with E-state index in [-0.39, 0.29) is 11.7 Å². The van der Waals surface area contributed by atoms with Gasteiger partial charge in [0.25, 0.3) is 5.91 Å². The molecule has 0 saturated heterocycles. The summed E-state index contributed by atoms with van der Waals surface area (Å²) in [4.78, 5) is 16.9. The predicted octanol–water partition coefficient (Wildman–Crippen LogP) is 2.93. The van der Waals surface area contributed by atoms with Crippen molar-refractivity contribution in [2.24, 2.45) is 0 Å². The van der Waals surface area contributed by atoms with Crippen molar-refractivity contribution in [3.8, 4) is 17.1 Å². The Hall–Kier alpha value is -2.99. The van der Waals surface area contributed by atoms with Gasteiger partial charge in [-0.1, -0.05) is 36.4 Å². The van der Waals surface area contributed by atoms with Crippen LogP contribution >= 0.6 is 0 Å². The van der Waals surface area contributed by atoms with E-state index in [9.17, 15) is 4.79 Å². The highest BCUT2D eigenvalue weighted by molar-refractivity contribution is 5.91. The standard InChI is InChI=1S/C20H22N4O2/c1-14-9-10-17(13-15(14)2)24-19(16-7-5-4-6-8-16)22-18(23-24)20(25)21-11-12-26-3/h4-10,13H,11-12H2,1-3H3,(H,21,25). The number of benzene rings is 2. The van der Waals surface area contributed by atoms with Crippen LogP contribution in [-0.4, -0.2) is 40.9 Å². The first-order valence-corrected chi connectivity index (χ1v) is 8.47. The number of aryl methyl sites for hydroxylation is 2. The Morgan fingerprint density at radius 3 is 2.58 bits per heavy atom. The molecule has 1 heterocycles. The van der Waals surface area contributed by atoms with E-state index >= 15 is 0 Å². The van der Waals surface area contributed by atoms with Crippen LogP contribution in [0.15, 0.2) is 48.5 Å². The van der Waals surface area contributed by atoms with Crippen molar-refractivity contribution in [3.63, 3.8) is 0 Å². The van der Waals surface area contributed by atoms with Crippen LogP contribution in [0.2, 0.25) is 0 Å². The minimum absolute atomic E-state index is 0.137. The number of hydrogen-bond donors (Lipinski definition) is 1. The van der Waals surface area contributed by atoms with Crippen molar-refractivity contribution in [2.75, 3.05) is 20.3 Å². The van der Waals surface area contributed by atoms with Crippen molar-refractivity contribution >= 4 is 5.91 Å². The Kier molecular flexibility index (Phi) is 5.43. The number of carbonyl (C=O) groups excluding carboxylic acids is 1. The molecule has 6 heteroatoms. The Bertz CT molecular complexity index is 903. The molecular formula is C20H22N4O2. The van der Waals surface area contributed by atoms with Crippen LogP contribution in [-0.2, 0) is 4.74 Å². The van der Waals surface area contributed by atoms with E-state index in [4.69, 9.17) is 4.74 Å². The topological polar surface area (TPSA) is 69.0 Å². The van der Waals surface area contributed by atoms with Crippen LogP contribution in [0, 0.1) is 13.8 Å². The van der Waals surface area contributed by atoms with Crippen LogP contribution in [0.5, 0.6) is 0 Å². The second-order valence-corrected chi connectivity index (χ2v) is 6.05. The largest absolute Gasteiger partial charge is 0.383 e. The summed E-state index contributed by atoms with van der Waals surface area (Å²) >= 11 is 0. The summed E-state index contributed by atoms with van der Waals surface area (Å²) in [6.45, 7) is 4.97. The molecule has 0 aliphatic heterocycles. The quantitative estimate of drug-likeness (QED) is 0.694. The molecule has 1 amide bonds. The zero-order valence-electron chi connectivity index (χ0n) is 15.2. The molecule has 0 unspecified atom stereocenters. The fourth-order valence-electron chi connectivity index (χ4n) is 2.57. The molecule has 3 aromatic rings. The van der Waals surface area contributed by atoms with Crippen molar-refractivity contribution in [3.05, 3.63) is 65.5 Å². The van der Waals surface area contributed by atoms with Crippen LogP contribution < -0.4 is 5.32 Å². The number of aromatic nitrogens is 3. The molecule has 0 aliphatic carbocycles. The average molecular weight is 350 g/mol. The highest BCUT2D eigenvalue weighted by Crippen LogP contribution is 2.22. The molecule has 1 N–H and O–H groups in total. The summed E-state index contributed by atoms with van der Waals surface area (Å²) in [7, 11) is 1.59. The Morgan fingerprint density at radius 2 is 1.88 bits per heavy atom. The number of amides is 1. The zero-order valence-corrected chi connectivity index (χ0v) is 15.2. The maximum Gasteiger partial charge on any atom is 0.291 e. The number of ether oxygens (including phenoxy) is 1. The molecule has 26 heavy (non-hydrogen) atoms. The Balaban J connectivity index is 2.03. The summed E-state index contributed by atoms with van der Waals surface area (Å²) in [5, 5.41) is 7.22. The molecular weight excluding hydrogens is 328 g/mol.